The van der Waals surface area contributed by atoms with Gasteiger partial charge in [0.25, 0.3) is 0 Å². The minimum Gasteiger partial charge on any atom is -0.294 e. The molecule has 2 nitrogen and oxygen atoms in total. The van der Waals surface area contributed by atoms with Crippen molar-refractivity contribution >= 4 is 23.3 Å². The van der Waals surface area contributed by atoms with Crippen molar-refractivity contribution in [3.63, 3.8) is 0 Å². The summed E-state index contributed by atoms with van der Waals surface area (Å²) in [5, 5.41) is 0. The predicted molar refractivity (Wildman–Crippen MR) is 63.1 cm³/mol. The van der Waals surface area contributed by atoms with Crippen LogP contribution in [0.2, 0.25) is 0 Å². The van der Waals surface area contributed by atoms with Crippen LogP contribution in [0.3, 0.4) is 0 Å². The molecule has 3 heteroatoms. The summed E-state index contributed by atoms with van der Waals surface area (Å²) < 4.78 is 0. The van der Waals surface area contributed by atoms with Gasteiger partial charge < -0.3 is 0 Å². The number of rotatable bonds is 4. The van der Waals surface area contributed by atoms with Gasteiger partial charge in [-0.3, -0.25) is 9.59 Å². The first kappa shape index (κ1) is 11.7. The lowest BCUT2D eigenvalue weighted by atomic mass is 10.1. The Labute approximate surface area is 93.4 Å². The molecular formula is C12H12O2S. The van der Waals surface area contributed by atoms with E-state index in [2.05, 4.69) is 0 Å². The maximum Gasteiger partial charge on any atom is 0.187 e. The molecule has 0 aliphatic rings. The van der Waals surface area contributed by atoms with Crippen LogP contribution in [-0.4, -0.2) is 17.8 Å². The Morgan fingerprint density at radius 1 is 1.20 bits per heavy atom. The maximum absolute atomic E-state index is 11.7. The van der Waals surface area contributed by atoms with Gasteiger partial charge in [-0.2, -0.15) is 0 Å². The second-order valence-corrected chi connectivity index (χ2v) is 3.85. The van der Waals surface area contributed by atoms with Crippen LogP contribution in [0.5, 0.6) is 0 Å². The zero-order valence-corrected chi connectivity index (χ0v) is 9.51. The first-order chi connectivity index (χ1) is 7.15. The summed E-state index contributed by atoms with van der Waals surface area (Å²) in [6, 6.07) is 8.91. The van der Waals surface area contributed by atoms with Gasteiger partial charge in [0.2, 0.25) is 0 Å². The number of thioether (sulfide) groups is 1. The molecule has 0 aliphatic carbocycles. The number of Topliss-reactive ketones (excluding diaryl/α,β-unsaturated/α-hetero) is 1. The Bertz CT molecular complexity index is 393. The fraction of sp³-hybridized carbons (Fsp3) is 0.167. The molecule has 0 aliphatic heterocycles. The SMILES string of the molecule is CS/C(=C/C(=O)c1ccccc1)C(C)=O. The van der Waals surface area contributed by atoms with E-state index in [1.807, 2.05) is 6.07 Å². The van der Waals surface area contributed by atoms with Crippen LogP contribution in [0.4, 0.5) is 0 Å². The molecule has 0 spiro atoms. The fourth-order valence-corrected chi connectivity index (χ4v) is 1.62. The summed E-state index contributed by atoms with van der Waals surface area (Å²) in [4.78, 5) is 23.3. The number of benzene rings is 1. The Morgan fingerprint density at radius 3 is 2.27 bits per heavy atom. The largest absolute Gasteiger partial charge is 0.294 e. The van der Waals surface area contributed by atoms with Crippen LogP contribution < -0.4 is 0 Å². The zero-order chi connectivity index (χ0) is 11.3. The molecule has 0 atom stereocenters. The molecule has 0 saturated carbocycles. The second kappa shape index (κ2) is 5.51. The lowest BCUT2D eigenvalue weighted by Crippen LogP contribution is -1.99. The highest BCUT2D eigenvalue weighted by molar-refractivity contribution is 8.03. The number of carbonyl (C=O) groups is 2. The zero-order valence-electron chi connectivity index (χ0n) is 8.69. The van der Waals surface area contributed by atoms with Crippen molar-refractivity contribution in [3.05, 3.63) is 46.9 Å². The van der Waals surface area contributed by atoms with Crippen LogP contribution in [-0.2, 0) is 4.79 Å². The Kier molecular flexibility index (Phi) is 4.31. The maximum atomic E-state index is 11.7. The molecule has 0 fully saturated rings. The van der Waals surface area contributed by atoms with Crippen molar-refractivity contribution in [1.82, 2.24) is 0 Å². The van der Waals surface area contributed by atoms with Crippen molar-refractivity contribution in [2.75, 3.05) is 6.26 Å². The van der Waals surface area contributed by atoms with Gasteiger partial charge in [-0.25, -0.2) is 0 Å². The van der Waals surface area contributed by atoms with Gasteiger partial charge >= 0.3 is 0 Å². The quantitative estimate of drug-likeness (QED) is 0.578. The van der Waals surface area contributed by atoms with E-state index < -0.39 is 0 Å². The Balaban J connectivity index is 2.92. The van der Waals surface area contributed by atoms with Crippen LogP contribution in [0, 0.1) is 0 Å². The Hall–Kier alpha value is -1.35. The van der Waals surface area contributed by atoms with E-state index in [1.54, 1.807) is 30.5 Å². The monoisotopic (exact) mass is 220 g/mol. The Morgan fingerprint density at radius 2 is 1.80 bits per heavy atom. The fourth-order valence-electron chi connectivity index (χ4n) is 1.11. The van der Waals surface area contributed by atoms with Crippen LogP contribution in [0.1, 0.15) is 17.3 Å². The van der Waals surface area contributed by atoms with Gasteiger partial charge in [0, 0.05) is 11.6 Å². The highest BCUT2D eigenvalue weighted by atomic mass is 32.2. The number of hydrogen-bond acceptors (Lipinski definition) is 3. The normalized spacial score (nSPS) is 11.2. The topological polar surface area (TPSA) is 34.1 Å². The molecule has 0 radical (unpaired) electrons. The smallest absolute Gasteiger partial charge is 0.187 e. The minimum absolute atomic E-state index is 0.0771. The molecule has 1 rings (SSSR count). The molecule has 0 bridgehead atoms. The average Bonchev–Trinajstić information content (AvgIpc) is 2.26. The molecule has 0 amide bonds. The third-order valence-electron chi connectivity index (χ3n) is 1.89. The number of carbonyl (C=O) groups excluding carboxylic acids is 2. The van der Waals surface area contributed by atoms with Gasteiger partial charge in [0.05, 0.1) is 4.91 Å². The van der Waals surface area contributed by atoms with E-state index in [-0.39, 0.29) is 11.6 Å². The van der Waals surface area contributed by atoms with Crippen molar-refractivity contribution < 1.29 is 9.59 Å². The van der Waals surface area contributed by atoms with Crippen LogP contribution >= 0.6 is 11.8 Å². The molecule has 78 valence electrons. The summed E-state index contributed by atoms with van der Waals surface area (Å²) in [5.41, 5.74) is 0.602. The number of allylic oxidation sites excluding steroid dienone is 2. The van der Waals surface area contributed by atoms with Crippen molar-refractivity contribution in [1.29, 1.82) is 0 Å². The van der Waals surface area contributed by atoms with Crippen molar-refractivity contribution in [2.45, 2.75) is 6.92 Å². The molecule has 0 unspecified atom stereocenters. The molecule has 0 aromatic heterocycles. The molecule has 0 heterocycles. The van der Waals surface area contributed by atoms with E-state index in [4.69, 9.17) is 0 Å². The molecule has 1 aromatic rings. The van der Waals surface area contributed by atoms with Gasteiger partial charge in [-0.05, 0) is 13.2 Å². The molecule has 15 heavy (non-hydrogen) atoms. The van der Waals surface area contributed by atoms with E-state index in [1.165, 1.54) is 24.8 Å². The van der Waals surface area contributed by atoms with Crippen LogP contribution in [0.25, 0.3) is 0 Å². The van der Waals surface area contributed by atoms with E-state index >= 15 is 0 Å². The lowest BCUT2D eigenvalue weighted by molar-refractivity contribution is -0.112. The lowest BCUT2D eigenvalue weighted by Gasteiger charge is -1.98. The van der Waals surface area contributed by atoms with Crippen molar-refractivity contribution in [2.24, 2.45) is 0 Å². The standard InChI is InChI=1S/C12H12O2S/c1-9(13)12(15-2)8-11(14)10-6-4-3-5-7-10/h3-8H,1-2H3/b12-8+. The summed E-state index contributed by atoms with van der Waals surface area (Å²) in [7, 11) is 0. The second-order valence-electron chi connectivity index (χ2n) is 3.00. The van der Waals surface area contributed by atoms with Gasteiger partial charge in [0.1, 0.15) is 0 Å². The molecule has 0 N–H and O–H groups in total. The van der Waals surface area contributed by atoms with E-state index in [0.717, 1.165) is 0 Å². The minimum atomic E-state index is -0.129. The first-order valence-corrected chi connectivity index (χ1v) is 5.73. The summed E-state index contributed by atoms with van der Waals surface area (Å²) in [6.07, 6.45) is 3.17. The molecule has 0 saturated heterocycles. The number of ketones is 2. The highest BCUT2D eigenvalue weighted by Gasteiger charge is 2.06. The van der Waals surface area contributed by atoms with Gasteiger partial charge in [-0.1, -0.05) is 30.3 Å². The third-order valence-corrected chi connectivity index (χ3v) is 2.73. The van der Waals surface area contributed by atoms with Crippen LogP contribution in [0.15, 0.2) is 41.3 Å². The molecule has 1 aromatic carbocycles. The first-order valence-electron chi connectivity index (χ1n) is 4.51. The predicted octanol–water partition coefficient (Wildman–Crippen LogP) is 2.71. The average molecular weight is 220 g/mol. The molecular weight excluding hydrogens is 208 g/mol. The summed E-state index contributed by atoms with van der Waals surface area (Å²) >= 11 is 1.29. The van der Waals surface area contributed by atoms with E-state index in [0.29, 0.717) is 10.5 Å². The summed E-state index contributed by atoms with van der Waals surface area (Å²) in [6.45, 7) is 1.46. The summed E-state index contributed by atoms with van der Waals surface area (Å²) in [5.74, 6) is -0.207. The number of hydrogen-bond donors (Lipinski definition) is 0. The highest BCUT2D eigenvalue weighted by Crippen LogP contribution is 2.14. The van der Waals surface area contributed by atoms with Gasteiger partial charge in [0.15, 0.2) is 11.6 Å². The third kappa shape index (κ3) is 3.36. The van der Waals surface area contributed by atoms with E-state index in [9.17, 15) is 9.59 Å². The van der Waals surface area contributed by atoms with Crippen molar-refractivity contribution in [3.8, 4) is 0 Å². The van der Waals surface area contributed by atoms with Gasteiger partial charge in [-0.15, -0.1) is 11.8 Å².